The van der Waals surface area contributed by atoms with E-state index in [9.17, 15) is 9.59 Å². The molecule has 1 atom stereocenters. The second kappa shape index (κ2) is 7.49. The summed E-state index contributed by atoms with van der Waals surface area (Å²) in [6.45, 7) is 2.35. The van der Waals surface area contributed by atoms with E-state index in [4.69, 9.17) is 11.6 Å². The van der Waals surface area contributed by atoms with Crippen LogP contribution < -0.4 is 10.3 Å². The summed E-state index contributed by atoms with van der Waals surface area (Å²) in [5.74, 6) is -0.727. The molecule has 2 amide bonds. The maximum absolute atomic E-state index is 12.2. The highest BCUT2D eigenvalue weighted by atomic mass is 35.5. The fourth-order valence-corrected chi connectivity index (χ4v) is 2.90. The fourth-order valence-electron chi connectivity index (χ4n) is 2.71. The minimum absolute atomic E-state index is 0.0529. The predicted molar refractivity (Wildman–Crippen MR) is 98.8 cm³/mol. The van der Waals surface area contributed by atoms with Crippen molar-refractivity contribution in [1.29, 1.82) is 0 Å². The lowest BCUT2D eigenvalue weighted by molar-refractivity contribution is -0.126. The Morgan fingerprint density at radius 3 is 2.76 bits per heavy atom. The Morgan fingerprint density at radius 1 is 1.28 bits per heavy atom. The number of amides is 2. The molecule has 128 valence electrons. The highest BCUT2D eigenvalue weighted by Crippen LogP contribution is 2.25. The minimum Gasteiger partial charge on any atom is -0.312 e. The molecule has 0 aromatic heterocycles. The Kier molecular flexibility index (Phi) is 5.14. The van der Waals surface area contributed by atoms with Crippen molar-refractivity contribution < 1.29 is 9.59 Å². The molecule has 3 rings (SSSR count). The van der Waals surface area contributed by atoms with Gasteiger partial charge in [0.2, 0.25) is 11.8 Å². The first-order valence-corrected chi connectivity index (χ1v) is 8.36. The Bertz CT molecular complexity index is 818. The highest BCUT2D eigenvalue weighted by molar-refractivity contribution is 6.30. The summed E-state index contributed by atoms with van der Waals surface area (Å²) in [6.07, 6.45) is 1.71. The van der Waals surface area contributed by atoms with Crippen molar-refractivity contribution in [1.82, 2.24) is 5.43 Å². The first-order chi connectivity index (χ1) is 12.0. The first-order valence-electron chi connectivity index (χ1n) is 7.98. The summed E-state index contributed by atoms with van der Waals surface area (Å²) < 4.78 is 0. The number of hydrogen-bond donors (Lipinski definition) is 1. The molecule has 1 aliphatic heterocycles. The van der Waals surface area contributed by atoms with Crippen molar-refractivity contribution in [3.8, 4) is 0 Å². The maximum atomic E-state index is 12.2. The number of carbonyl (C=O) groups excluding carboxylic acids is 2. The molecule has 25 heavy (non-hydrogen) atoms. The number of anilines is 1. The molecule has 2 aromatic carbocycles. The van der Waals surface area contributed by atoms with Gasteiger partial charge in [0.05, 0.1) is 12.1 Å². The summed E-state index contributed by atoms with van der Waals surface area (Å²) in [4.78, 5) is 26.1. The number of hydrazone groups is 1. The summed E-state index contributed by atoms with van der Waals surface area (Å²) in [5.41, 5.74) is 5.23. The van der Waals surface area contributed by atoms with Gasteiger partial charge in [-0.05, 0) is 36.8 Å². The lowest BCUT2D eigenvalue weighted by atomic mass is 10.1. The number of aryl methyl sites for hydroxylation is 1. The number of nitrogens with zero attached hydrogens (tertiary/aromatic N) is 2. The maximum Gasteiger partial charge on any atom is 0.245 e. The van der Waals surface area contributed by atoms with E-state index < -0.39 is 5.92 Å². The van der Waals surface area contributed by atoms with Gasteiger partial charge >= 0.3 is 0 Å². The van der Waals surface area contributed by atoms with Gasteiger partial charge < -0.3 is 4.90 Å². The number of rotatable bonds is 4. The molecule has 1 heterocycles. The van der Waals surface area contributed by atoms with Gasteiger partial charge in [-0.1, -0.05) is 41.4 Å². The molecule has 1 aliphatic rings. The summed E-state index contributed by atoms with van der Waals surface area (Å²) in [7, 11) is 0. The second-order valence-electron chi connectivity index (χ2n) is 6.03. The van der Waals surface area contributed by atoms with E-state index in [1.807, 2.05) is 37.3 Å². The molecule has 2 aromatic rings. The zero-order chi connectivity index (χ0) is 17.8. The number of benzene rings is 2. The largest absolute Gasteiger partial charge is 0.312 e. The minimum atomic E-state index is -0.412. The van der Waals surface area contributed by atoms with E-state index in [-0.39, 0.29) is 18.2 Å². The monoisotopic (exact) mass is 355 g/mol. The van der Waals surface area contributed by atoms with Crippen LogP contribution in [0, 0.1) is 12.8 Å². The molecule has 0 spiro atoms. The van der Waals surface area contributed by atoms with Crippen LogP contribution in [0.4, 0.5) is 5.69 Å². The standard InChI is InChI=1S/C19H18ClN3O2/c1-13-5-7-17(8-6-13)23-12-15(10-18(23)24)19(25)22-21-11-14-3-2-4-16(20)9-14/h2-9,11,15H,10,12H2,1H3,(H,22,25)/b21-11+/t15-/m0/s1. The van der Waals surface area contributed by atoms with Crippen molar-refractivity contribution in [2.45, 2.75) is 13.3 Å². The SMILES string of the molecule is Cc1ccc(N2C[C@@H](C(=O)N/N=C/c3cccc(Cl)c3)CC2=O)cc1. The smallest absolute Gasteiger partial charge is 0.245 e. The van der Waals surface area contributed by atoms with E-state index in [2.05, 4.69) is 10.5 Å². The van der Waals surface area contributed by atoms with Gasteiger partial charge in [-0.3, -0.25) is 9.59 Å². The van der Waals surface area contributed by atoms with E-state index in [1.165, 1.54) is 6.21 Å². The van der Waals surface area contributed by atoms with Gasteiger partial charge in [-0.15, -0.1) is 0 Å². The van der Waals surface area contributed by atoms with Gasteiger partial charge in [0.15, 0.2) is 0 Å². The molecule has 0 saturated carbocycles. The third-order valence-corrected chi connectivity index (χ3v) is 4.31. The van der Waals surface area contributed by atoms with Gasteiger partial charge in [0, 0.05) is 23.7 Å². The first kappa shape index (κ1) is 17.2. The quantitative estimate of drug-likeness (QED) is 0.676. The molecule has 0 aliphatic carbocycles. The molecule has 1 saturated heterocycles. The molecule has 0 radical (unpaired) electrons. The molecule has 0 unspecified atom stereocenters. The van der Waals surface area contributed by atoms with Crippen LogP contribution in [0.2, 0.25) is 5.02 Å². The Labute approximate surface area is 151 Å². The Hall–Kier alpha value is -2.66. The zero-order valence-electron chi connectivity index (χ0n) is 13.8. The van der Waals surface area contributed by atoms with Crippen LogP contribution in [0.25, 0.3) is 0 Å². The van der Waals surface area contributed by atoms with E-state index >= 15 is 0 Å². The molecule has 0 bridgehead atoms. The Morgan fingerprint density at radius 2 is 2.04 bits per heavy atom. The fraction of sp³-hybridized carbons (Fsp3) is 0.211. The van der Waals surface area contributed by atoms with Gasteiger partial charge in [0.1, 0.15) is 0 Å². The van der Waals surface area contributed by atoms with Crippen LogP contribution in [0.1, 0.15) is 17.5 Å². The number of nitrogens with one attached hydrogen (secondary N) is 1. The lowest BCUT2D eigenvalue weighted by Gasteiger charge is -2.16. The molecular weight excluding hydrogens is 338 g/mol. The average molecular weight is 356 g/mol. The highest BCUT2D eigenvalue weighted by Gasteiger charge is 2.35. The summed E-state index contributed by atoms with van der Waals surface area (Å²) >= 11 is 5.90. The second-order valence-corrected chi connectivity index (χ2v) is 6.47. The van der Waals surface area contributed by atoms with Crippen LogP contribution >= 0.6 is 11.6 Å². The van der Waals surface area contributed by atoms with Crippen molar-refractivity contribution in [3.05, 3.63) is 64.7 Å². The molecule has 1 N–H and O–H groups in total. The third-order valence-electron chi connectivity index (χ3n) is 4.08. The summed E-state index contributed by atoms with van der Waals surface area (Å²) in [6, 6.07) is 14.8. The van der Waals surface area contributed by atoms with Crippen LogP contribution in [0.5, 0.6) is 0 Å². The van der Waals surface area contributed by atoms with Crippen LogP contribution in [-0.4, -0.2) is 24.6 Å². The number of halogens is 1. The van der Waals surface area contributed by atoms with Crippen molar-refractivity contribution >= 4 is 35.3 Å². The van der Waals surface area contributed by atoms with E-state index in [1.54, 1.807) is 23.1 Å². The zero-order valence-corrected chi connectivity index (χ0v) is 14.5. The number of hydrogen-bond acceptors (Lipinski definition) is 3. The number of carbonyl (C=O) groups is 2. The summed E-state index contributed by atoms with van der Waals surface area (Å²) in [5, 5.41) is 4.55. The van der Waals surface area contributed by atoms with Crippen LogP contribution in [0.15, 0.2) is 53.6 Å². The predicted octanol–water partition coefficient (Wildman–Crippen LogP) is 3.15. The van der Waals surface area contributed by atoms with Crippen LogP contribution in [-0.2, 0) is 9.59 Å². The van der Waals surface area contributed by atoms with E-state index in [0.717, 1.165) is 16.8 Å². The topological polar surface area (TPSA) is 61.8 Å². The average Bonchev–Trinajstić information content (AvgIpc) is 2.97. The van der Waals surface area contributed by atoms with Crippen molar-refractivity contribution in [2.75, 3.05) is 11.4 Å². The molecule has 5 nitrogen and oxygen atoms in total. The lowest BCUT2D eigenvalue weighted by Crippen LogP contribution is -2.30. The van der Waals surface area contributed by atoms with Crippen molar-refractivity contribution in [2.24, 2.45) is 11.0 Å². The van der Waals surface area contributed by atoms with Crippen LogP contribution in [0.3, 0.4) is 0 Å². The van der Waals surface area contributed by atoms with Gasteiger partial charge in [0.25, 0.3) is 0 Å². The Balaban J connectivity index is 1.60. The van der Waals surface area contributed by atoms with E-state index in [0.29, 0.717) is 11.6 Å². The van der Waals surface area contributed by atoms with Crippen molar-refractivity contribution in [3.63, 3.8) is 0 Å². The third kappa shape index (κ3) is 4.25. The molecule has 6 heteroatoms. The normalized spacial score (nSPS) is 17.3. The van der Waals surface area contributed by atoms with Gasteiger partial charge in [-0.2, -0.15) is 5.10 Å². The van der Waals surface area contributed by atoms with Gasteiger partial charge in [-0.25, -0.2) is 5.43 Å². The molecule has 1 fully saturated rings. The molecular formula is C19H18ClN3O2.